The van der Waals surface area contributed by atoms with Gasteiger partial charge in [0.1, 0.15) is 0 Å². The average molecular weight is 614 g/mol. The summed E-state index contributed by atoms with van der Waals surface area (Å²) in [5.74, 6) is 1.82. The number of rotatable bonds is 16. The Morgan fingerprint density at radius 3 is 2.02 bits per heavy atom. The predicted octanol–water partition coefficient (Wildman–Crippen LogP) is 9.66. The SMILES string of the molecule is CCCCCC(CC(=O)Nc1cc(CCCO[Si](C)(C)C(C)(C)C)ccc1C(C)(C)C)c1cc(OC)c(OC)c(OC)c1. The molecule has 0 radical (unpaired) electrons. The zero-order valence-electron chi connectivity index (χ0n) is 29.2. The smallest absolute Gasteiger partial charge is 0.224 e. The number of hydrogen-bond acceptors (Lipinski definition) is 5. The third-order valence-corrected chi connectivity index (χ3v) is 13.3. The Morgan fingerprint density at radius 1 is 0.884 bits per heavy atom. The van der Waals surface area contributed by atoms with Crippen LogP contribution in [0, 0.1) is 0 Å². The van der Waals surface area contributed by atoms with Crippen molar-refractivity contribution in [3.8, 4) is 17.2 Å². The fourth-order valence-electron chi connectivity index (χ4n) is 5.11. The summed E-state index contributed by atoms with van der Waals surface area (Å²) in [6.07, 6.45) is 6.43. The third-order valence-electron chi connectivity index (χ3n) is 8.79. The molecule has 1 N–H and O–H groups in total. The van der Waals surface area contributed by atoms with Crippen molar-refractivity contribution in [1.29, 1.82) is 0 Å². The minimum atomic E-state index is -1.76. The lowest BCUT2D eigenvalue weighted by Crippen LogP contribution is -2.41. The minimum absolute atomic E-state index is 0.0131. The van der Waals surface area contributed by atoms with Crippen molar-refractivity contribution in [3.05, 3.63) is 47.0 Å². The first-order valence-corrected chi connectivity index (χ1v) is 18.9. The van der Waals surface area contributed by atoms with E-state index < -0.39 is 8.32 Å². The third kappa shape index (κ3) is 10.6. The van der Waals surface area contributed by atoms with Gasteiger partial charge in [0.2, 0.25) is 11.7 Å². The predicted molar refractivity (Wildman–Crippen MR) is 183 cm³/mol. The highest BCUT2D eigenvalue weighted by Crippen LogP contribution is 2.42. The van der Waals surface area contributed by atoms with Crippen LogP contribution in [0.2, 0.25) is 18.1 Å². The molecule has 0 bridgehead atoms. The van der Waals surface area contributed by atoms with Crippen LogP contribution in [0.15, 0.2) is 30.3 Å². The number of anilines is 1. The number of aryl methyl sites for hydroxylation is 1. The molecule has 0 aliphatic rings. The number of ether oxygens (including phenoxy) is 3. The van der Waals surface area contributed by atoms with E-state index in [1.54, 1.807) is 21.3 Å². The molecule has 1 unspecified atom stereocenters. The summed E-state index contributed by atoms with van der Waals surface area (Å²) in [5.41, 5.74) is 4.16. The number of methoxy groups -OCH3 is 3. The molecule has 0 aromatic heterocycles. The Morgan fingerprint density at radius 2 is 1.51 bits per heavy atom. The van der Waals surface area contributed by atoms with Gasteiger partial charge in [-0.25, -0.2) is 0 Å². The molecule has 0 saturated carbocycles. The summed E-state index contributed by atoms with van der Waals surface area (Å²) >= 11 is 0. The lowest BCUT2D eigenvalue weighted by Gasteiger charge is -2.36. The van der Waals surface area contributed by atoms with E-state index in [9.17, 15) is 4.79 Å². The van der Waals surface area contributed by atoms with Crippen molar-refractivity contribution in [2.24, 2.45) is 0 Å². The van der Waals surface area contributed by atoms with Gasteiger partial charge in [0.25, 0.3) is 0 Å². The molecule has 2 rings (SSSR count). The highest BCUT2D eigenvalue weighted by Gasteiger charge is 2.36. The minimum Gasteiger partial charge on any atom is -0.493 e. The second-order valence-corrected chi connectivity index (χ2v) is 19.1. The normalized spacial score (nSPS) is 13.0. The van der Waals surface area contributed by atoms with Crippen LogP contribution in [0.5, 0.6) is 17.2 Å². The molecule has 2 aromatic carbocycles. The van der Waals surface area contributed by atoms with Gasteiger partial charge in [0, 0.05) is 18.7 Å². The van der Waals surface area contributed by atoms with Crippen molar-refractivity contribution in [2.75, 3.05) is 33.3 Å². The number of benzene rings is 2. The van der Waals surface area contributed by atoms with E-state index in [-0.39, 0.29) is 22.3 Å². The molecule has 7 heteroatoms. The second-order valence-electron chi connectivity index (χ2n) is 14.2. The molecule has 0 spiro atoms. The summed E-state index contributed by atoms with van der Waals surface area (Å²) in [6, 6.07) is 10.5. The van der Waals surface area contributed by atoms with Crippen LogP contribution >= 0.6 is 0 Å². The molecular weight excluding hydrogens is 554 g/mol. The first-order chi connectivity index (χ1) is 20.1. The van der Waals surface area contributed by atoms with E-state index >= 15 is 0 Å². The van der Waals surface area contributed by atoms with Crippen molar-refractivity contribution in [1.82, 2.24) is 0 Å². The Balaban J connectivity index is 2.28. The first kappa shape index (κ1) is 36.7. The summed E-state index contributed by atoms with van der Waals surface area (Å²) in [4.78, 5) is 13.7. The first-order valence-electron chi connectivity index (χ1n) is 15.9. The fourth-order valence-corrected chi connectivity index (χ4v) is 6.20. The Kier molecular flexibility index (Phi) is 13.6. The summed E-state index contributed by atoms with van der Waals surface area (Å²) in [5, 5.41) is 3.52. The molecule has 0 aliphatic carbocycles. The zero-order valence-corrected chi connectivity index (χ0v) is 30.2. The average Bonchev–Trinajstić information content (AvgIpc) is 2.92. The van der Waals surface area contributed by atoms with Gasteiger partial charge in [-0.1, -0.05) is 79.9 Å². The lowest BCUT2D eigenvalue weighted by molar-refractivity contribution is -0.116. The van der Waals surface area contributed by atoms with E-state index in [2.05, 4.69) is 85.1 Å². The maximum atomic E-state index is 13.7. The maximum Gasteiger partial charge on any atom is 0.224 e. The number of hydrogen-bond donors (Lipinski definition) is 1. The van der Waals surface area contributed by atoms with Crippen LogP contribution in [0.4, 0.5) is 5.69 Å². The highest BCUT2D eigenvalue weighted by atomic mass is 28.4. The summed E-state index contributed by atoms with van der Waals surface area (Å²) < 4.78 is 23.2. The maximum absolute atomic E-state index is 13.7. The van der Waals surface area contributed by atoms with Crippen LogP contribution in [-0.2, 0) is 21.1 Å². The molecule has 2 aromatic rings. The van der Waals surface area contributed by atoms with Gasteiger partial charge >= 0.3 is 0 Å². The number of amides is 1. The molecule has 0 aliphatic heterocycles. The van der Waals surface area contributed by atoms with Crippen LogP contribution in [0.1, 0.15) is 110 Å². The van der Waals surface area contributed by atoms with Crippen molar-refractivity contribution in [2.45, 2.75) is 123 Å². The Labute approximate surface area is 263 Å². The summed E-state index contributed by atoms with van der Waals surface area (Å²) in [7, 11) is 3.09. The largest absolute Gasteiger partial charge is 0.493 e. The molecule has 6 nitrogen and oxygen atoms in total. The Hall–Kier alpha value is -2.51. The molecule has 242 valence electrons. The van der Waals surface area contributed by atoms with E-state index in [0.717, 1.165) is 61.9 Å². The van der Waals surface area contributed by atoms with Crippen molar-refractivity contribution < 1.29 is 23.4 Å². The molecule has 0 fully saturated rings. The molecule has 0 saturated heterocycles. The van der Waals surface area contributed by atoms with Crippen LogP contribution in [0.25, 0.3) is 0 Å². The number of carbonyl (C=O) groups is 1. The summed E-state index contributed by atoms with van der Waals surface area (Å²) in [6.45, 7) is 20.9. The Bertz CT molecular complexity index is 1150. The van der Waals surface area contributed by atoms with Crippen molar-refractivity contribution in [3.63, 3.8) is 0 Å². The monoisotopic (exact) mass is 613 g/mol. The van der Waals surface area contributed by atoms with Crippen LogP contribution < -0.4 is 19.5 Å². The van der Waals surface area contributed by atoms with E-state index in [4.69, 9.17) is 18.6 Å². The van der Waals surface area contributed by atoms with Gasteiger partial charge in [0.15, 0.2) is 19.8 Å². The second kappa shape index (κ2) is 16.0. The van der Waals surface area contributed by atoms with E-state index in [1.807, 2.05) is 12.1 Å². The van der Waals surface area contributed by atoms with E-state index in [1.165, 1.54) is 5.56 Å². The fraction of sp³-hybridized carbons (Fsp3) is 0.639. The lowest BCUT2D eigenvalue weighted by atomic mass is 9.84. The quantitative estimate of drug-likeness (QED) is 0.151. The van der Waals surface area contributed by atoms with Gasteiger partial charge < -0.3 is 24.0 Å². The molecule has 0 heterocycles. The van der Waals surface area contributed by atoms with Gasteiger partial charge in [0.05, 0.1) is 21.3 Å². The van der Waals surface area contributed by atoms with Crippen molar-refractivity contribution >= 4 is 19.9 Å². The number of nitrogens with one attached hydrogen (secondary N) is 1. The van der Waals surface area contributed by atoms with Crippen LogP contribution in [-0.4, -0.2) is 42.2 Å². The molecular formula is C36H59NO5Si. The van der Waals surface area contributed by atoms with E-state index in [0.29, 0.717) is 23.7 Å². The van der Waals surface area contributed by atoms with Gasteiger partial charge in [-0.2, -0.15) is 0 Å². The highest BCUT2D eigenvalue weighted by molar-refractivity contribution is 6.74. The topological polar surface area (TPSA) is 66.0 Å². The van der Waals surface area contributed by atoms with Gasteiger partial charge in [-0.15, -0.1) is 0 Å². The number of unbranched alkanes of at least 4 members (excludes halogenated alkanes) is 2. The van der Waals surface area contributed by atoms with Crippen LogP contribution in [0.3, 0.4) is 0 Å². The van der Waals surface area contributed by atoms with Gasteiger partial charge in [-0.05, 0) is 83.6 Å². The standard InChI is InChI=1S/C36H59NO5Si/c1-13-14-15-18-27(28-23-31(39-8)34(41-10)32(24-28)40-9)25-33(38)37-30-22-26(19-20-29(30)35(2,3)4)17-16-21-42-43(11,12)36(5,6)7/h19-20,22-24,27H,13-18,21,25H2,1-12H3,(H,37,38). The number of carbonyl (C=O) groups excluding carboxylic acids is 1. The van der Waals surface area contributed by atoms with Gasteiger partial charge in [-0.3, -0.25) is 4.79 Å². The molecule has 1 atom stereocenters. The molecule has 1 amide bonds. The zero-order chi connectivity index (χ0) is 32.4. The molecule has 43 heavy (non-hydrogen) atoms.